The molecule has 0 aliphatic rings. The van der Waals surface area contributed by atoms with Crippen molar-refractivity contribution < 1.29 is 32.2 Å². The van der Waals surface area contributed by atoms with Gasteiger partial charge < -0.3 is 23.5 Å². The minimum absolute atomic E-state index is 0.127. The summed E-state index contributed by atoms with van der Waals surface area (Å²) in [5.74, 6) is 0.892. The van der Waals surface area contributed by atoms with E-state index in [1.807, 2.05) is 4.57 Å². The van der Waals surface area contributed by atoms with Crippen LogP contribution in [0.15, 0.2) is 46.3 Å². The number of thiazole rings is 1. The molecule has 178 valence electrons. The van der Waals surface area contributed by atoms with E-state index in [9.17, 15) is 13.2 Å². The highest BCUT2D eigenvalue weighted by Crippen LogP contribution is 2.35. The Labute approximate surface area is 196 Å². The minimum atomic E-state index is -3.64. The Bertz CT molecular complexity index is 1290. The van der Waals surface area contributed by atoms with Crippen LogP contribution < -0.4 is 19.0 Å². The van der Waals surface area contributed by atoms with Crippen molar-refractivity contribution in [3.63, 3.8) is 0 Å². The molecule has 0 aliphatic carbocycles. The lowest BCUT2D eigenvalue weighted by atomic mass is 10.3. The first-order valence-corrected chi connectivity index (χ1v) is 12.5. The van der Waals surface area contributed by atoms with Crippen molar-refractivity contribution in [3.8, 4) is 17.2 Å². The molecule has 0 fully saturated rings. The van der Waals surface area contributed by atoms with Gasteiger partial charge in [-0.2, -0.15) is 4.99 Å². The first-order chi connectivity index (χ1) is 15.8. The van der Waals surface area contributed by atoms with Crippen molar-refractivity contribution in [1.29, 1.82) is 0 Å². The first-order valence-electron chi connectivity index (χ1n) is 10.0. The number of ether oxygens (including phenoxy) is 4. The number of benzene rings is 2. The van der Waals surface area contributed by atoms with Gasteiger partial charge in [-0.1, -0.05) is 11.3 Å². The normalized spacial score (nSPS) is 12.2. The maximum absolute atomic E-state index is 12.7. The van der Waals surface area contributed by atoms with Crippen LogP contribution in [-0.2, 0) is 25.9 Å². The molecule has 0 radical (unpaired) electrons. The van der Waals surface area contributed by atoms with Gasteiger partial charge in [-0.25, -0.2) is 8.42 Å². The van der Waals surface area contributed by atoms with E-state index in [1.54, 1.807) is 45.6 Å². The number of fused-ring (bicyclic) bond motifs is 1. The van der Waals surface area contributed by atoms with Gasteiger partial charge in [-0.3, -0.25) is 4.79 Å². The summed E-state index contributed by atoms with van der Waals surface area (Å²) in [6.45, 7) is 0.815. The standard InChI is InChI=1S/C22H26N2O7S2/c1-28-13-12-24-20-17(30-3)9-10-18(31-4)21(20)32-22(24)23-19(25)11-14-33(26,27)16-7-5-15(29-2)6-8-16/h5-10H,11-14H2,1-4H3. The molecule has 9 nitrogen and oxygen atoms in total. The molecule has 2 aromatic carbocycles. The van der Waals surface area contributed by atoms with Crippen LogP contribution in [0.3, 0.4) is 0 Å². The molecule has 0 aliphatic heterocycles. The van der Waals surface area contributed by atoms with E-state index in [1.165, 1.54) is 30.6 Å². The zero-order chi connectivity index (χ0) is 24.0. The molecule has 0 saturated heterocycles. The number of hydrogen-bond acceptors (Lipinski definition) is 8. The summed E-state index contributed by atoms with van der Waals surface area (Å²) in [6.07, 6.45) is -0.249. The number of nitrogens with zero attached hydrogens (tertiary/aromatic N) is 2. The van der Waals surface area contributed by atoms with Gasteiger partial charge >= 0.3 is 0 Å². The summed E-state index contributed by atoms with van der Waals surface area (Å²) in [5, 5.41) is 0. The molecule has 0 saturated carbocycles. The molecule has 1 amide bonds. The van der Waals surface area contributed by atoms with Crippen molar-refractivity contribution >= 4 is 37.3 Å². The number of carbonyl (C=O) groups is 1. The number of rotatable bonds is 10. The van der Waals surface area contributed by atoms with E-state index < -0.39 is 15.7 Å². The molecule has 11 heteroatoms. The van der Waals surface area contributed by atoms with E-state index in [0.717, 1.165) is 10.2 Å². The van der Waals surface area contributed by atoms with Crippen LogP contribution >= 0.6 is 11.3 Å². The third-order valence-corrected chi connectivity index (χ3v) is 7.76. The largest absolute Gasteiger partial charge is 0.497 e. The van der Waals surface area contributed by atoms with Gasteiger partial charge in [0.15, 0.2) is 14.6 Å². The summed E-state index contributed by atoms with van der Waals surface area (Å²) >= 11 is 1.27. The monoisotopic (exact) mass is 494 g/mol. The van der Waals surface area contributed by atoms with E-state index in [4.69, 9.17) is 18.9 Å². The van der Waals surface area contributed by atoms with Crippen LogP contribution in [0.4, 0.5) is 0 Å². The fourth-order valence-electron chi connectivity index (χ4n) is 3.21. The number of aromatic nitrogens is 1. The summed E-state index contributed by atoms with van der Waals surface area (Å²) in [6, 6.07) is 9.61. The molecule has 1 heterocycles. The number of methoxy groups -OCH3 is 4. The second-order valence-electron chi connectivity index (χ2n) is 6.93. The van der Waals surface area contributed by atoms with E-state index in [0.29, 0.717) is 35.2 Å². The lowest BCUT2D eigenvalue weighted by Crippen LogP contribution is -2.20. The van der Waals surface area contributed by atoms with Crippen LogP contribution in [0.5, 0.6) is 17.2 Å². The molecule has 0 unspecified atom stereocenters. The van der Waals surface area contributed by atoms with Crippen LogP contribution in [0, 0.1) is 0 Å². The number of sulfone groups is 1. The summed E-state index contributed by atoms with van der Waals surface area (Å²) in [5.41, 5.74) is 0.733. The van der Waals surface area contributed by atoms with Crippen molar-refractivity contribution in [1.82, 2.24) is 4.57 Å². The maximum Gasteiger partial charge on any atom is 0.249 e. The van der Waals surface area contributed by atoms with Crippen LogP contribution in [-0.4, -0.2) is 59.7 Å². The fourth-order valence-corrected chi connectivity index (χ4v) is 5.63. The van der Waals surface area contributed by atoms with Crippen molar-refractivity contribution in [3.05, 3.63) is 41.2 Å². The van der Waals surface area contributed by atoms with Gasteiger partial charge in [0.2, 0.25) is 5.91 Å². The Hall–Kier alpha value is -2.89. The topological polar surface area (TPSA) is 105 Å². The molecule has 3 rings (SSSR count). The maximum atomic E-state index is 12.7. The quantitative estimate of drug-likeness (QED) is 0.427. The zero-order valence-corrected chi connectivity index (χ0v) is 20.5. The molecule has 33 heavy (non-hydrogen) atoms. The highest BCUT2D eigenvalue weighted by molar-refractivity contribution is 7.91. The van der Waals surface area contributed by atoms with E-state index in [2.05, 4.69) is 4.99 Å². The second kappa shape index (κ2) is 10.8. The average molecular weight is 495 g/mol. The van der Waals surface area contributed by atoms with E-state index in [-0.39, 0.29) is 17.1 Å². The molecule has 1 aromatic heterocycles. The highest BCUT2D eigenvalue weighted by Gasteiger charge is 2.19. The van der Waals surface area contributed by atoms with Crippen molar-refractivity contribution in [2.75, 3.05) is 40.8 Å². The number of amides is 1. The predicted octanol–water partition coefficient (Wildman–Crippen LogP) is 2.67. The minimum Gasteiger partial charge on any atom is -0.497 e. The Morgan fingerprint density at radius 3 is 2.24 bits per heavy atom. The third-order valence-electron chi connectivity index (χ3n) is 4.93. The zero-order valence-electron chi connectivity index (χ0n) is 18.9. The Morgan fingerprint density at radius 1 is 0.970 bits per heavy atom. The number of carbonyl (C=O) groups excluding carboxylic acids is 1. The lowest BCUT2D eigenvalue weighted by Gasteiger charge is -2.09. The Balaban J connectivity index is 1.93. The summed E-state index contributed by atoms with van der Waals surface area (Å²) in [4.78, 5) is 17.4. The molecule has 0 N–H and O–H groups in total. The van der Waals surface area contributed by atoms with Crippen LogP contribution in [0.25, 0.3) is 10.2 Å². The van der Waals surface area contributed by atoms with E-state index >= 15 is 0 Å². The molecule has 3 aromatic rings. The van der Waals surface area contributed by atoms with Gasteiger partial charge in [-0.15, -0.1) is 0 Å². The first kappa shape index (κ1) is 24.7. The summed E-state index contributed by atoms with van der Waals surface area (Å²) in [7, 11) is 2.56. The average Bonchev–Trinajstić information content (AvgIpc) is 3.18. The van der Waals surface area contributed by atoms with Gasteiger partial charge in [0.1, 0.15) is 27.5 Å². The lowest BCUT2D eigenvalue weighted by molar-refractivity contribution is -0.117. The molecule has 0 spiro atoms. The van der Waals surface area contributed by atoms with Gasteiger partial charge in [0, 0.05) is 20.1 Å². The molecule has 0 atom stereocenters. The number of hydrogen-bond donors (Lipinski definition) is 0. The van der Waals surface area contributed by atoms with Crippen molar-refractivity contribution in [2.45, 2.75) is 17.9 Å². The fraction of sp³-hybridized carbons (Fsp3) is 0.364. The van der Waals surface area contributed by atoms with Gasteiger partial charge in [0.05, 0.1) is 38.6 Å². The SMILES string of the molecule is COCCn1c(=NC(=O)CCS(=O)(=O)c2ccc(OC)cc2)sc2c(OC)ccc(OC)c21. The molecule has 0 bridgehead atoms. The smallest absolute Gasteiger partial charge is 0.249 e. The summed E-state index contributed by atoms with van der Waals surface area (Å²) < 4.78 is 49.0. The van der Waals surface area contributed by atoms with Crippen LogP contribution in [0.1, 0.15) is 6.42 Å². The van der Waals surface area contributed by atoms with Crippen LogP contribution in [0.2, 0.25) is 0 Å². The van der Waals surface area contributed by atoms with Crippen molar-refractivity contribution in [2.24, 2.45) is 4.99 Å². The van der Waals surface area contributed by atoms with Gasteiger partial charge in [-0.05, 0) is 36.4 Å². The molecular weight excluding hydrogens is 468 g/mol. The predicted molar refractivity (Wildman–Crippen MR) is 125 cm³/mol. The highest BCUT2D eigenvalue weighted by atomic mass is 32.2. The second-order valence-corrected chi connectivity index (χ2v) is 10.0. The Morgan fingerprint density at radius 2 is 1.64 bits per heavy atom. The third kappa shape index (κ3) is 5.55. The molecular formula is C22H26N2O7S2. The Kier molecular flexibility index (Phi) is 8.11. The van der Waals surface area contributed by atoms with Gasteiger partial charge in [0.25, 0.3) is 0 Å².